The Morgan fingerprint density at radius 3 is 2.94 bits per heavy atom. The molecular formula is C11H15N5O. The zero-order valence-electron chi connectivity index (χ0n) is 10.1. The normalized spacial score (nSPS) is 10.5. The van der Waals surface area contributed by atoms with Crippen LogP contribution in [0.2, 0.25) is 0 Å². The van der Waals surface area contributed by atoms with Gasteiger partial charge in [0.15, 0.2) is 0 Å². The van der Waals surface area contributed by atoms with Crippen molar-refractivity contribution in [3.05, 3.63) is 29.3 Å². The molecule has 0 bridgehead atoms. The van der Waals surface area contributed by atoms with Crippen molar-refractivity contribution in [1.82, 2.24) is 20.0 Å². The highest BCUT2D eigenvalue weighted by atomic mass is 16.1. The lowest BCUT2D eigenvalue weighted by Gasteiger charge is -2.02. The topological polar surface area (TPSA) is 75.6 Å². The Morgan fingerprint density at radius 2 is 2.35 bits per heavy atom. The standard InChI is InChI=1S/C11H15N5O/c1-4-9-10(6-16(3)15-9)13-11(17)8-5-12-14-7(8)2/h5-6H,4H2,1-3H3,(H,12,14)(H,13,17). The number of aryl methyl sites for hydroxylation is 3. The minimum atomic E-state index is -0.168. The summed E-state index contributed by atoms with van der Waals surface area (Å²) in [5.41, 5.74) is 2.93. The first kappa shape index (κ1) is 11.4. The van der Waals surface area contributed by atoms with Crippen molar-refractivity contribution in [2.45, 2.75) is 20.3 Å². The Morgan fingerprint density at radius 1 is 1.59 bits per heavy atom. The molecule has 0 aliphatic rings. The molecule has 2 rings (SSSR count). The Kier molecular flexibility index (Phi) is 2.95. The second-order valence-corrected chi connectivity index (χ2v) is 3.88. The lowest BCUT2D eigenvalue weighted by molar-refractivity contribution is 0.102. The number of H-pyrrole nitrogens is 1. The van der Waals surface area contributed by atoms with Crippen molar-refractivity contribution in [3.63, 3.8) is 0 Å². The van der Waals surface area contributed by atoms with Crippen LogP contribution in [0.1, 0.15) is 28.7 Å². The number of hydrogen-bond donors (Lipinski definition) is 2. The van der Waals surface area contributed by atoms with Gasteiger partial charge in [0.2, 0.25) is 0 Å². The van der Waals surface area contributed by atoms with Crippen LogP contribution in [-0.4, -0.2) is 25.9 Å². The molecule has 0 atom stereocenters. The molecule has 2 aromatic rings. The van der Waals surface area contributed by atoms with Gasteiger partial charge in [-0.1, -0.05) is 6.92 Å². The molecule has 0 saturated carbocycles. The summed E-state index contributed by atoms with van der Waals surface area (Å²) in [5, 5.41) is 13.7. The fraction of sp³-hybridized carbons (Fsp3) is 0.364. The first-order valence-corrected chi connectivity index (χ1v) is 5.45. The van der Waals surface area contributed by atoms with Crippen LogP contribution in [0, 0.1) is 6.92 Å². The number of nitrogens with zero attached hydrogens (tertiary/aromatic N) is 3. The summed E-state index contributed by atoms with van der Waals surface area (Å²) < 4.78 is 1.69. The minimum Gasteiger partial charge on any atom is -0.319 e. The monoisotopic (exact) mass is 233 g/mol. The van der Waals surface area contributed by atoms with E-state index in [0.717, 1.165) is 23.5 Å². The number of hydrogen-bond acceptors (Lipinski definition) is 3. The highest BCUT2D eigenvalue weighted by molar-refractivity contribution is 6.05. The third-order valence-electron chi connectivity index (χ3n) is 2.56. The number of aromatic nitrogens is 4. The van der Waals surface area contributed by atoms with Gasteiger partial charge in [-0.2, -0.15) is 10.2 Å². The van der Waals surface area contributed by atoms with Crippen LogP contribution in [0.25, 0.3) is 0 Å². The molecule has 2 aromatic heterocycles. The van der Waals surface area contributed by atoms with E-state index in [4.69, 9.17) is 0 Å². The van der Waals surface area contributed by atoms with Crippen molar-refractivity contribution in [2.75, 3.05) is 5.32 Å². The summed E-state index contributed by atoms with van der Waals surface area (Å²) in [4.78, 5) is 12.0. The molecule has 17 heavy (non-hydrogen) atoms. The lowest BCUT2D eigenvalue weighted by Crippen LogP contribution is -2.13. The molecule has 0 fully saturated rings. The molecule has 0 aliphatic carbocycles. The summed E-state index contributed by atoms with van der Waals surface area (Å²) in [6.45, 7) is 3.81. The average Bonchev–Trinajstić information content (AvgIpc) is 2.84. The molecule has 2 heterocycles. The molecular weight excluding hydrogens is 218 g/mol. The van der Waals surface area contributed by atoms with Crippen LogP contribution >= 0.6 is 0 Å². The second kappa shape index (κ2) is 4.40. The van der Waals surface area contributed by atoms with E-state index in [1.165, 1.54) is 6.20 Å². The van der Waals surface area contributed by atoms with Crippen LogP contribution < -0.4 is 5.32 Å². The van der Waals surface area contributed by atoms with Gasteiger partial charge in [-0.05, 0) is 13.3 Å². The number of carbonyl (C=O) groups is 1. The molecule has 0 spiro atoms. The first-order valence-electron chi connectivity index (χ1n) is 5.45. The quantitative estimate of drug-likeness (QED) is 0.838. The smallest absolute Gasteiger partial charge is 0.259 e. The molecule has 2 N–H and O–H groups in total. The largest absolute Gasteiger partial charge is 0.319 e. The Labute approximate surface area is 99.0 Å². The third kappa shape index (κ3) is 2.20. The summed E-state index contributed by atoms with van der Waals surface area (Å²) in [6, 6.07) is 0. The van der Waals surface area contributed by atoms with Crippen LogP contribution in [0.5, 0.6) is 0 Å². The third-order valence-corrected chi connectivity index (χ3v) is 2.56. The van der Waals surface area contributed by atoms with E-state index in [0.29, 0.717) is 5.56 Å². The fourth-order valence-corrected chi connectivity index (χ4v) is 1.67. The highest BCUT2D eigenvalue weighted by Crippen LogP contribution is 2.15. The first-order chi connectivity index (χ1) is 8.11. The maximum Gasteiger partial charge on any atom is 0.259 e. The van der Waals surface area contributed by atoms with Crippen LogP contribution in [-0.2, 0) is 13.5 Å². The molecule has 6 nitrogen and oxygen atoms in total. The SMILES string of the molecule is CCc1nn(C)cc1NC(=O)c1cn[nH]c1C. The molecule has 0 aliphatic heterocycles. The zero-order valence-corrected chi connectivity index (χ0v) is 10.1. The van der Waals surface area contributed by atoms with Gasteiger partial charge in [0.1, 0.15) is 0 Å². The van der Waals surface area contributed by atoms with Crippen molar-refractivity contribution in [3.8, 4) is 0 Å². The van der Waals surface area contributed by atoms with Gasteiger partial charge >= 0.3 is 0 Å². The molecule has 0 saturated heterocycles. The Balaban J connectivity index is 2.21. The van der Waals surface area contributed by atoms with Crippen molar-refractivity contribution >= 4 is 11.6 Å². The maximum absolute atomic E-state index is 12.0. The van der Waals surface area contributed by atoms with Crippen molar-refractivity contribution in [2.24, 2.45) is 7.05 Å². The van der Waals surface area contributed by atoms with E-state index in [1.54, 1.807) is 10.9 Å². The van der Waals surface area contributed by atoms with Gasteiger partial charge in [0, 0.05) is 18.9 Å². The Hall–Kier alpha value is -2.11. The van der Waals surface area contributed by atoms with E-state index < -0.39 is 0 Å². The van der Waals surface area contributed by atoms with Crippen LogP contribution in [0.4, 0.5) is 5.69 Å². The Bertz CT molecular complexity index is 540. The van der Waals surface area contributed by atoms with Crippen molar-refractivity contribution < 1.29 is 4.79 Å². The van der Waals surface area contributed by atoms with Gasteiger partial charge < -0.3 is 5.32 Å². The average molecular weight is 233 g/mol. The van der Waals surface area contributed by atoms with E-state index in [-0.39, 0.29) is 5.91 Å². The molecule has 0 unspecified atom stereocenters. The van der Waals surface area contributed by atoms with Gasteiger partial charge in [-0.15, -0.1) is 0 Å². The number of anilines is 1. The fourth-order valence-electron chi connectivity index (χ4n) is 1.67. The molecule has 0 aromatic carbocycles. The van der Waals surface area contributed by atoms with Gasteiger partial charge in [0.05, 0.1) is 23.1 Å². The number of rotatable bonds is 3. The number of carbonyl (C=O) groups excluding carboxylic acids is 1. The predicted octanol–water partition coefficient (Wildman–Crippen LogP) is 1.27. The zero-order chi connectivity index (χ0) is 12.4. The summed E-state index contributed by atoms with van der Waals surface area (Å²) >= 11 is 0. The van der Waals surface area contributed by atoms with Gasteiger partial charge in [-0.3, -0.25) is 14.6 Å². The van der Waals surface area contributed by atoms with Crippen LogP contribution in [0.15, 0.2) is 12.4 Å². The molecule has 0 radical (unpaired) electrons. The van der Waals surface area contributed by atoms with E-state index in [9.17, 15) is 4.79 Å². The van der Waals surface area contributed by atoms with Crippen LogP contribution in [0.3, 0.4) is 0 Å². The summed E-state index contributed by atoms with van der Waals surface area (Å²) in [7, 11) is 1.83. The highest BCUT2D eigenvalue weighted by Gasteiger charge is 2.14. The van der Waals surface area contributed by atoms with Crippen molar-refractivity contribution in [1.29, 1.82) is 0 Å². The number of aromatic amines is 1. The number of amides is 1. The number of nitrogens with one attached hydrogen (secondary N) is 2. The summed E-state index contributed by atoms with van der Waals surface area (Å²) in [5.74, 6) is -0.168. The van der Waals surface area contributed by atoms with Gasteiger partial charge in [-0.25, -0.2) is 0 Å². The van der Waals surface area contributed by atoms with E-state index >= 15 is 0 Å². The predicted molar refractivity (Wildman–Crippen MR) is 63.9 cm³/mol. The second-order valence-electron chi connectivity index (χ2n) is 3.88. The molecule has 1 amide bonds. The lowest BCUT2D eigenvalue weighted by atomic mass is 10.2. The minimum absolute atomic E-state index is 0.168. The van der Waals surface area contributed by atoms with E-state index in [2.05, 4.69) is 20.6 Å². The molecule has 6 heteroatoms. The summed E-state index contributed by atoms with van der Waals surface area (Å²) in [6.07, 6.45) is 4.10. The van der Waals surface area contributed by atoms with E-state index in [1.807, 2.05) is 20.9 Å². The molecule has 90 valence electrons. The maximum atomic E-state index is 12.0. The van der Waals surface area contributed by atoms with Gasteiger partial charge in [0.25, 0.3) is 5.91 Å².